The van der Waals surface area contributed by atoms with Crippen LogP contribution in [-0.2, 0) is 11.2 Å². The van der Waals surface area contributed by atoms with Gasteiger partial charge in [-0.3, -0.25) is 14.5 Å². The fourth-order valence-electron chi connectivity index (χ4n) is 3.24. The number of hydrogen-bond donors (Lipinski definition) is 0. The molecule has 1 aliphatic heterocycles. The van der Waals surface area contributed by atoms with Gasteiger partial charge in [0.05, 0.1) is 11.4 Å². The van der Waals surface area contributed by atoms with E-state index < -0.39 is 0 Å². The molecule has 2 aromatic heterocycles. The molecular weight excluding hydrogens is 288 g/mol. The number of pyridine rings is 1. The van der Waals surface area contributed by atoms with Crippen molar-refractivity contribution in [1.29, 1.82) is 0 Å². The summed E-state index contributed by atoms with van der Waals surface area (Å²) in [7, 11) is 0. The van der Waals surface area contributed by atoms with Crippen LogP contribution in [0.2, 0.25) is 0 Å². The van der Waals surface area contributed by atoms with Crippen LogP contribution in [0.5, 0.6) is 0 Å². The van der Waals surface area contributed by atoms with Gasteiger partial charge < -0.3 is 4.90 Å². The van der Waals surface area contributed by atoms with Gasteiger partial charge in [-0.2, -0.15) is 5.10 Å². The zero-order valence-electron chi connectivity index (χ0n) is 14.1. The smallest absolute Gasteiger partial charge is 0.219 e. The molecule has 2 aromatic rings. The second kappa shape index (κ2) is 6.52. The molecule has 0 aromatic carbocycles. The summed E-state index contributed by atoms with van der Waals surface area (Å²) in [6.07, 6.45) is 5.85. The van der Waals surface area contributed by atoms with E-state index in [1.165, 1.54) is 5.56 Å². The number of carbonyl (C=O) groups excluding carboxylic acids is 1. The molecule has 1 atom stereocenters. The fourth-order valence-corrected chi connectivity index (χ4v) is 3.24. The maximum Gasteiger partial charge on any atom is 0.219 e. The van der Waals surface area contributed by atoms with Crippen molar-refractivity contribution in [3.8, 4) is 11.4 Å². The van der Waals surface area contributed by atoms with E-state index in [0.717, 1.165) is 37.3 Å². The minimum atomic E-state index is 0.183. The summed E-state index contributed by atoms with van der Waals surface area (Å²) in [5.41, 5.74) is 3.24. The van der Waals surface area contributed by atoms with Crippen molar-refractivity contribution in [3.05, 3.63) is 36.2 Å². The van der Waals surface area contributed by atoms with E-state index in [2.05, 4.69) is 36.1 Å². The van der Waals surface area contributed by atoms with Crippen molar-refractivity contribution in [2.75, 3.05) is 13.1 Å². The summed E-state index contributed by atoms with van der Waals surface area (Å²) < 4.78 is 1.99. The topological polar surface area (TPSA) is 51.0 Å². The average molecular weight is 312 g/mol. The molecule has 1 fully saturated rings. The zero-order valence-corrected chi connectivity index (χ0v) is 14.1. The minimum Gasteiger partial charge on any atom is -0.343 e. The lowest BCUT2D eigenvalue weighted by molar-refractivity contribution is -0.127. The molecule has 5 nitrogen and oxygen atoms in total. The van der Waals surface area contributed by atoms with Crippen LogP contribution < -0.4 is 0 Å². The first kappa shape index (κ1) is 15.7. The normalized spacial score (nSPS) is 17.9. The lowest BCUT2D eigenvalue weighted by Crippen LogP contribution is -2.26. The Bertz CT molecular complexity index is 675. The number of aromatic nitrogens is 3. The molecule has 3 heterocycles. The van der Waals surface area contributed by atoms with Crippen LogP contribution in [0, 0.1) is 5.92 Å². The summed E-state index contributed by atoms with van der Waals surface area (Å²) in [5.74, 6) is 0.732. The Morgan fingerprint density at radius 2 is 2.17 bits per heavy atom. The molecule has 0 aliphatic carbocycles. The van der Waals surface area contributed by atoms with Gasteiger partial charge in [0.25, 0.3) is 0 Å². The van der Waals surface area contributed by atoms with Gasteiger partial charge in [-0.1, -0.05) is 6.07 Å². The summed E-state index contributed by atoms with van der Waals surface area (Å²) >= 11 is 0. The molecule has 1 saturated heterocycles. The van der Waals surface area contributed by atoms with Gasteiger partial charge in [-0.05, 0) is 50.3 Å². The maximum absolute atomic E-state index is 11.4. The third-order valence-electron chi connectivity index (χ3n) is 4.50. The number of amides is 1. The van der Waals surface area contributed by atoms with Gasteiger partial charge in [0.2, 0.25) is 5.91 Å². The Balaban J connectivity index is 1.68. The first-order valence-corrected chi connectivity index (χ1v) is 8.29. The van der Waals surface area contributed by atoms with Crippen LogP contribution in [-0.4, -0.2) is 38.7 Å². The van der Waals surface area contributed by atoms with E-state index in [1.54, 1.807) is 6.92 Å². The van der Waals surface area contributed by atoms with Crippen molar-refractivity contribution in [1.82, 2.24) is 19.7 Å². The Morgan fingerprint density at radius 1 is 1.35 bits per heavy atom. The van der Waals surface area contributed by atoms with Gasteiger partial charge in [-0.25, -0.2) is 0 Å². The Labute approximate surface area is 137 Å². The minimum absolute atomic E-state index is 0.183. The summed E-state index contributed by atoms with van der Waals surface area (Å²) in [6.45, 7) is 7.64. The molecule has 0 N–H and O–H groups in total. The molecule has 0 saturated carbocycles. The number of likely N-dealkylation sites (tertiary alicyclic amines) is 1. The zero-order chi connectivity index (χ0) is 16.4. The third-order valence-corrected chi connectivity index (χ3v) is 4.50. The highest BCUT2D eigenvalue weighted by molar-refractivity contribution is 5.73. The first-order chi connectivity index (χ1) is 11.0. The SMILES string of the molecule is CC(=O)N1CC[C@@H](Cc2ccc(-c3ccnn3C(C)C)nc2)C1. The van der Waals surface area contributed by atoms with Crippen LogP contribution >= 0.6 is 0 Å². The van der Waals surface area contributed by atoms with Crippen molar-refractivity contribution in [2.45, 2.75) is 39.7 Å². The Hall–Kier alpha value is -2.17. The molecular formula is C18H24N4O. The second-order valence-electron chi connectivity index (χ2n) is 6.63. The van der Waals surface area contributed by atoms with E-state index >= 15 is 0 Å². The summed E-state index contributed by atoms with van der Waals surface area (Å²) in [6, 6.07) is 6.54. The van der Waals surface area contributed by atoms with Crippen LogP contribution in [0.4, 0.5) is 0 Å². The first-order valence-electron chi connectivity index (χ1n) is 8.29. The van der Waals surface area contributed by atoms with Crippen LogP contribution in [0.1, 0.15) is 38.8 Å². The van der Waals surface area contributed by atoms with E-state index in [-0.39, 0.29) is 5.91 Å². The van der Waals surface area contributed by atoms with Gasteiger partial charge in [0.15, 0.2) is 0 Å². The third kappa shape index (κ3) is 3.44. The molecule has 0 radical (unpaired) electrons. The van der Waals surface area contributed by atoms with E-state index in [9.17, 15) is 4.79 Å². The maximum atomic E-state index is 11.4. The molecule has 0 bridgehead atoms. The van der Waals surface area contributed by atoms with Gasteiger partial charge in [0.1, 0.15) is 0 Å². The van der Waals surface area contributed by atoms with Crippen molar-refractivity contribution in [2.24, 2.45) is 5.92 Å². The fraction of sp³-hybridized carbons (Fsp3) is 0.500. The molecule has 0 spiro atoms. The van der Waals surface area contributed by atoms with Gasteiger partial charge in [-0.15, -0.1) is 0 Å². The summed E-state index contributed by atoms with van der Waals surface area (Å²) in [4.78, 5) is 18.0. The number of hydrogen-bond acceptors (Lipinski definition) is 3. The molecule has 1 amide bonds. The van der Waals surface area contributed by atoms with Crippen molar-refractivity contribution >= 4 is 5.91 Å². The summed E-state index contributed by atoms with van der Waals surface area (Å²) in [5, 5.41) is 4.36. The van der Waals surface area contributed by atoms with E-state index in [0.29, 0.717) is 12.0 Å². The van der Waals surface area contributed by atoms with Crippen molar-refractivity contribution < 1.29 is 4.79 Å². The molecule has 0 unspecified atom stereocenters. The number of rotatable bonds is 4. The van der Waals surface area contributed by atoms with Gasteiger partial charge in [0, 0.05) is 38.4 Å². The Kier molecular flexibility index (Phi) is 4.46. The van der Waals surface area contributed by atoms with Gasteiger partial charge >= 0.3 is 0 Å². The van der Waals surface area contributed by atoms with Crippen LogP contribution in [0.25, 0.3) is 11.4 Å². The predicted octanol–water partition coefficient (Wildman–Crippen LogP) is 2.94. The Morgan fingerprint density at radius 3 is 2.78 bits per heavy atom. The highest BCUT2D eigenvalue weighted by Crippen LogP contribution is 2.23. The lowest BCUT2D eigenvalue weighted by Gasteiger charge is -2.14. The molecule has 5 heteroatoms. The highest BCUT2D eigenvalue weighted by atomic mass is 16.2. The lowest BCUT2D eigenvalue weighted by atomic mass is 9.99. The van der Waals surface area contributed by atoms with Crippen LogP contribution in [0.3, 0.4) is 0 Å². The number of carbonyl (C=O) groups is 1. The second-order valence-corrected chi connectivity index (χ2v) is 6.63. The van der Waals surface area contributed by atoms with E-state index in [4.69, 9.17) is 0 Å². The monoisotopic (exact) mass is 312 g/mol. The van der Waals surface area contributed by atoms with Crippen LogP contribution in [0.15, 0.2) is 30.6 Å². The van der Waals surface area contributed by atoms with Crippen molar-refractivity contribution in [3.63, 3.8) is 0 Å². The number of nitrogens with zero attached hydrogens (tertiary/aromatic N) is 4. The molecule has 1 aliphatic rings. The van der Waals surface area contributed by atoms with E-state index in [1.807, 2.05) is 28.0 Å². The average Bonchev–Trinajstić information content (AvgIpc) is 3.17. The quantitative estimate of drug-likeness (QED) is 0.872. The highest BCUT2D eigenvalue weighted by Gasteiger charge is 2.24. The molecule has 122 valence electrons. The predicted molar refractivity (Wildman–Crippen MR) is 89.9 cm³/mol. The standard InChI is InChI=1S/C18H24N4O/c1-13(2)22-18(6-8-20-22)17-5-4-15(11-19-17)10-16-7-9-21(12-16)14(3)23/h4-6,8,11,13,16H,7,9-10,12H2,1-3H3/t16-/m0/s1. The molecule has 3 rings (SSSR count). The largest absolute Gasteiger partial charge is 0.343 e. The molecule has 23 heavy (non-hydrogen) atoms.